The Morgan fingerprint density at radius 2 is 1.29 bits per heavy atom. The van der Waals surface area contributed by atoms with E-state index in [1.165, 1.54) is 24.3 Å². The predicted octanol–water partition coefficient (Wildman–Crippen LogP) is 8.61. The second kappa shape index (κ2) is 10.3. The summed E-state index contributed by atoms with van der Waals surface area (Å²) in [6.45, 7) is 7.78. The molecule has 0 saturated heterocycles. The summed E-state index contributed by atoms with van der Waals surface area (Å²) in [5.41, 5.74) is 3.11. The van der Waals surface area contributed by atoms with Crippen LogP contribution in [0.25, 0.3) is 0 Å². The molecule has 2 aliphatic rings. The minimum Gasteiger partial charge on any atom is -0.371 e. The van der Waals surface area contributed by atoms with Crippen LogP contribution in [-0.4, -0.2) is 24.7 Å². The molecule has 3 aromatic rings. The fourth-order valence-electron chi connectivity index (χ4n) is 6.02. The summed E-state index contributed by atoms with van der Waals surface area (Å²) in [4.78, 5) is 15.1. The van der Waals surface area contributed by atoms with Crippen LogP contribution in [0.3, 0.4) is 0 Å². The van der Waals surface area contributed by atoms with E-state index in [0.29, 0.717) is 37.2 Å². The number of benzene rings is 3. The average molecular weight is 572 g/mol. The zero-order valence-corrected chi connectivity index (χ0v) is 23.5. The molecule has 0 radical (unpaired) electrons. The van der Waals surface area contributed by atoms with Gasteiger partial charge < -0.3 is 15.5 Å². The maximum Gasteiger partial charge on any atom is 0.416 e. The third kappa shape index (κ3) is 6.19. The summed E-state index contributed by atoms with van der Waals surface area (Å²) in [7, 11) is 0. The number of nitrogens with one attached hydrogen (secondary N) is 2. The molecule has 0 spiro atoms. The third-order valence-electron chi connectivity index (χ3n) is 7.77. The second-order valence-electron chi connectivity index (χ2n) is 12.1. The van der Waals surface area contributed by atoms with Gasteiger partial charge in [-0.3, -0.25) is 0 Å². The largest absolute Gasteiger partial charge is 0.416 e. The molecular formula is C32H34F5N3O. The van der Waals surface area contributed by atoms with Crippen molar-refractivity contribution in [1.29, 1.82) is 0 Å². The maximum atomic E-state index is 14.2. The molecule has 2 N–H and O–H groups in total. The number of hydrogen-bond acceptors (Lipinski definition) is 2. The molecule has 0 aliphatic carbocycles. The van der Waals surface area contributed by atoms with Crippen molar-refractivity contribution in [2.24, 2.45) is 0 Å². The van der Waals surface area contributed by atoms with Gasteiger partial charge in [-0.15, -0.1) is 0 Å². The highest BCUT2D eigenvalue weighted by Gasteiger charge is 2.37. The molecule has 0 saturated carbocycles. The van der Waals surface area contributed by atoms with Crippen molar-refractivity contribution in [2.75, 3.05) is 23.3 Å². The van der Waals surface area contributed by atoms with Crippen LogP contribution in [0.15, 0.2) is 60.7 Å². The molecule has 5 rings (SSSR count). The molecule has 0 unspecified atom stereocenters. The Labute approximate surface area is 236 Å². The summed E-state index contributed by atoms with van der Waals surface area (Å²) >= 11 is 0. The molecular weight excluding hydrogens is 537 g/mol. The normalized spacial score (nSPS) is 19.0. The van der Waals surface area contributed by atoms with Crippen LogP contribution in [0.1, 0.15) is 85.8 Å². The fraction of sp³-hybridized carbons (Fsp3) is 0.406. The van der Waals surface area contributed by atoms with Crippen molar-refractivity contribution in [2.45, 2.75) is 70.0 Å². The molecule has 218 valence electrons. The predicted molar refractivity (Wildman–Crippen MR) is 151 cm³/mol. The van der Waals surface area contributed by atoms with E-state index in [1.807, 2.05) is 39.0 Å². The van der Waals surface area contributed by atoms with E-state index >= 15 is 0 Å². The number of carbonyl (C=O) groups is 1. The van der Waals surface area contributed by atoms with Crippen molar-refractivity contribution in [3.63, 3.8) is 0 Å². The lowest BCUT2D eigenvalue weighted by Gasteiger charge is -2.43. The summed E-state index contributed by atoms with van der Waals surface area (Å²) in [5, 5.41) is 5.78. The molecule has 3 aromatic carbocycles. The summed E-state index contributed by atoms with van der Waals surface area (Å²) in [5.74, 6) is -3.56. The first-order chi connectivity index (χ1) is 19.1. The number of anilines is 2. The van der Waals surface area contributed by atoms with Gasteiger partial charge in [-0.05, 0) is 80.1 Å². The zero-order chi connectivity index (χ0) is 29.7. The number of hydrogen-bond donors (Lipinski definition) is 2. The van der Waals surface area contributed by atoms with E-state index in [4.69, 9.17) is 0 Å². The summed E-state index contributed by atoms with van der Waals surface area (Å²) in [6, 6.07) is 15.1. The van der Waals surface area contributed by atoms with Crippen LogP contribution in [0.5, 0.6) is 0 Å². The number of amides is 2. The van der Waals surface area contributed by atoms with Gasteiger partial charge in [0.15, 0.2) is 0 Å². The van der Waals surface area contributed by atoms with Gasteiger partial charge >= 0.3 is 12.2 Å². The summed E-state index contributed by atoms with van der Waals surface area (Å²) < 4.78 is 69.3. The molecule has 2 amide bonds. The summed E-state index contributed by atoms with van der Waals surface area (Å²) in [6.07, 6.45) is -3.19. The zero-order valence-electron chi connectivity index (χ0n) is 23.5. The highest BCUT2D eigenvalue weighted by atomic mass is 19.4. The Hall–Kier alpha value is -3.62. The SMILES string of the molecule is CC(C)(C)NC(=O)Nc1cc2c3c(c1)[C@H](c1cccc(C(F)(F)F)c1)CCN3CC[C@H]2c1cccc(C(C)(F)F)c1. The number of carbonyl (C=O) groups excluding carboxylic acids is 1. The van der Waals surface area contributed by atoms with E-state index in [2.05, 4.69) is 15.5 Å². The molecule has 4 nitrogen and oxygen atoms in total. The molecule has 0 aromatic heterocycles. The first kappa shape index (κ1) is 28.9. The van der Waals surface area contributed by atoms with Crippen LogP contribution in [0.4, 0.5) is 38.1 Å². The fourth-order valence-corrected chi connectivity index (χ4v) is 6.02. The van der Waals surface area contributed by atoms with Gasteiger partial charge in [-0.1, -0.05) is 36.4 Å². The second-order valence-corrected chi connectivity index (χ2v) is 12.1. The Kier molecular flexibility index (Phi) is 7.28. The van der Waals surface area contributed by atoms with Gasteiger partial charge in [-0.2, -0.15) is 13.2 Å². The van der Waals surface area contributed by atoms with Crippen LogP contribution in [0, 0.1) is 0 Å². The minimum atomic E-state index is -4.47. The van der Waals surface area contributed by atoms with Crippen LogP contribution in [-0.2, 0) is 12.1 Å². The van der Waals surface area contributed by atoms with Crippen LogP contribution < -0.4 is 15.5 Å². The third-order valence-corrected chi connectivity index (χ3v) is 7.77. The van der Waals surface area contributed by atoms with Crippen molar-refractivity contribution >= 4 is 17.4 Å². The van der Waals surface area contributed by atoms with Crippen molar-refractivity contribution in [1.82, 2.24) is 5.32 Å². The molecule has 2 atom stereocenters. The first-order valence-corrected chi connectivity index (χ1v) is 13.8. The van der Waals surface area contributed by atoms with E-state index in [-0.39, 0.29) is 17.4 Å². The number of halogens is 5. The van der Waals surface area contributed by atoms with E-state index in [9.17, 15) is 26.7 Å². The van der Waals surface area contributed by atoms with Crippen molar-refractivity contribution in [3.8, 4) is 0 Å². The van der Waals surface area contributed by atoms with Gasteiger partial charge in [0.25, 0.3) is 5.92 Å². The topological polar surface area (TPSA) is 44.4 Å². The standard InChI is InChI=1S/C32H34F5N3O/c1-30(2,3)39-29(41)38-23-17-26-24(19-7-5-9-21(15-19)31(4,33)34)11-13-40-14-12-25(27(18-23)28(26)40)20-8-6-10-22(16-20)32(35,36)37/h5-10,15-18,24-25H,11-14H2,1-4H3,(H2,38,39,41)/t24-,25-/m0/s1. The number of nitrogens with zero attached hydrogens (tertiary/aromatic N) is 1. The van der Waals surface area contributed by atoms with Crippen molar-refractivity contribution < 1.29 is 26.7 Å². The maximum absolute atomic E-state index is 14.2. The van der Waals surface area contributed by atoms with E-state index in [1.54, 1.807) is 12.1 Å². The van der Waals surface area contributed by atoms with Gasteiger partial charge in [0.2, 0.25) is 0 Å². The van der Waals surface area contributed by atoms with Gasteiger partial charge in [0, 0.05) is 54.3 Å². The highest BCUT2D eigenvalue weighted by molar-refractivity contribution is 5.91. The van der Waals surface area contributed by atoms with Gasteiger partial charge in [0.05, 0.1) is 5.56 Å². The first-order valence-electron chi connectivity index (χ1n) is 13.8. The molecule has 0 fully saturated rings. The highest BCUT2D eigenvalue weighted by Crippen LogP contribution is 2.50. The lowest BCUT2D eigenvalue weighted by molar-refractivity contribution is -0.137. The van der Waals surface area contributed by atoms with Crippen molar-refractivity contribution in [3.05, 3.63) is 94.0 Å². The Bertz CT molecular complexity index is 1360. The quantitative estimate of drug-likeness (QED) is 0.308. The van der Waals surface area contributed by atoms with E-state index in [0.717, 1.165) is 35.4 Å². The van der Waals surface area contributed by atoms with Crippen LogP contribution >= 0.6 is 0 Å². The number of rotatable bonds is 4. The number of alkyl halides is 5. The van der Waals surface area contributed by atoms with Gasteiger partial charge in [-0.25, -0.2) is 13.6 Å². The van der Waals surface area contributed by atoms with E-state index < -0.39 is 29.2 Å². The minimum absolute atomic E-state index is 0.0769. The average Bonchev–Trinajstić information content (AvgIpc) is 2.87. The molecule has 0 bridgehead atoms. The lowest BCUT2D eigenvalue weighted by atomic mass is 9.76. The smallest absolute Gasteiger partial charge is 0.371 e. The van der Waals surface area contributed by atoms with Crippen LogP contribution in [0.2, 0.25) is 0 Å². The molecule has 41 heavy (non-hydrogen) atoms. The molecule has 2 aliphatic heterocycles. The molecule has 2 heterocycles. The Balaban J connectivity index is 1.65. The van der Waals surface area contributed by atoms with Gasteiger partial charge in [0.1, 0.15) is 0 Å². The monoisotopic (exact) mass is 571 g/mol. The Morgan fingerprint density at radius 3 is 1.78 bits per heavy atom. The number of urea groups is 1. The Morgan fingerprint density at radius 1 is 0.780 bits per heavy atom. The molecule has 9 heteroatoms. The lowest BCUT2D eigenvalue weighted by Crippen LogP contribution is -2.43.